The summed E-state index contributed by atoms with van der Waals surface area (Å²) in [4.78, 5) is 28.6. The molecule has 2 N–H and O–H groups in total. The Labute approximate surface area is 204 Å². The lowest BCUT2D eigenvalue weighted by Crippen LogP contribution is -2.60. The zero-order valence-corrected chi connectivity index (χ0v) is 19.2. The van der Waals surface area contributed by atoms with E-state index in [2.05, 4.69) is 15.6 Å². The maximum absolute atomic E-state index is 13.0. The van der Waals surface area contributed by atoms with Crippen LogP contribution in [0.3, 0.4) is 0 Å². The van der Waals surface area contributed by atoms with Gasteiger partial charge in [0.1, 0.15) is 18.1 Å². The molecule has 1 unspecified atom stereocenters. The average Bonchev–Trinajstić information content (AvgIpc) is 2.85. The fourth-order valence-corrected chi connectivity index (χ4v) is 4.36. The molecular weight excluding hydrogens is 475 g/mol. The first-order valence-corrected chi connectivity index (χ1v) is 11.3. The summed E-state index contributed by atoms with van der Waals surface area (Å²) in [5.74, 6) is -0.490. The normalized spacial score (nSPS) is 19.3. The van der Waals surface area contributed by atoms with E-state index in [-0.39, 0.29) is 18.1 Å². The van der Waals surface area contributed by atoms with Crippen LogP contribution < -0.4 is 15.4 Å². The van der Waals surface area contributed by atoms with Gasteiger partial charge in [0, 0.05) is 30.5 Å². The van der Waals surface area contributed by atoms with Crippen LogP contribution >= 0.6 is 0 Å². The molecule has 186 valence electrons. The molecule has 3 heterocycles. The highest BCUT2D eigenvalue weighted by atomic mass is 19.4. The number of hydrogen-bond acceptors (Lipinski definition) is 5. The second-order valence-electron chi connectivity index (χ2n) is 8.83. The molecule has 2 aliphatic heterocycles. The van der Waals surface area contributed by atoms with Gasteiger partial charge in [0.15, 0.2) is 0 Å². The number of aromatic nitrogens is 1. The fourth-order valence-electron chi connectivity index (χ4n) is 4.36. The molecule has 10 heteroatoms. The summed E-state index contributed by atoms with van der Waals surface area (Å²) in [5, 5.41) is 5.55. The van der Waals surface area contributed by atoms with Crippen LogP contribution in [0.4, 0.5) is 18.9 Å². The molecule has 7 nitrogen and oxygen atoms in total. The smallest absolute Gasteiger partial charge is 0.433 e. The van der Waals surface area contributed by atoms with E-state index in [1.807, 2.05) is 6.92 Å². The van der Waals surface area contributed by atoms with Gasteiger partial charge >= 0.3 is 6.18 Å². The van der Waals surface area contributed by atoms with Crippen molar-refractivity contribution in [1.82, 2.24) is 10.3 Å². The van der Waals surface area contributed by atoms with Crippen molar-refractivity contribution in [3.05, 3.63) is 77.1 Å². The van der Waals surface area contributed by atoms with Gasteiger partial charge < -0.3 is 20.1 Å². The number of ether oxygens (including phenoxy) is 2. The molecule has 0 bridgehead atoms. The van der Waals surface area contributed by atoms with Gasteiger partial charge in [0.05, 0.1) is 5.56 Å². The number of pyridine rings is 1. The predicted molar refractivity (Wildman–Crippen MR) is 125 cm³/mol. The first kappa shape index (κ1) is 23.8. The lowest BCUT2D eigenvalue weighted by Gasteiger charge is -2.41. The summed E-state index contributed by atoms with van der Waals surface area (Å²) in [7, 11) is 0. The highest BCUT2D eigenvalue weighted by Crippen LogP contribution is 2.37. The maximum Gasteiger partial charge on any atom is 0.433 e. The number of fused-ring (bicyclic) bond motifs is 1. The van der Waals surface area contributed by atoms with Gasteiger partial charge in [-0.15, -0.1) is 0 Å². The van der Waals surface area contributed by atoms with Crippen LogP contribution in [0, 0.1) is 6.92 Å². The standard InChI is InChI=1S/C26H22F3N3O4/c1-15-3-5-18(31-23(33)17-7-9-30-22(12-17)26(27,28)29)13-20(15)16-4-6-19-21(11-16)36-25(32-24(19)34)8-2-10-35-14-25/h3-7,9,11-13H,2,8,10,14H2,1H3,(H,31,33)(H,32,34). The Balaban J connectivity index is 1.42. The van der Waals surface area contributed by atoms with E-state index < -0.39 is 23.5 Å². The molecule has 2 aromatic carbocycles. The lowest BCUT2D eigenvalue weighted by atomic mass is 9.96. The summed E-state index contributed by atoms with van der Waals surface area (Å²) in [6.45, 7) is 2.76. The molecule has 3 aromatic rings. The van der Waals surface area contributed by atoms with Crippen molar-refractivity contribution in [3.8, 4) is 16.9 Å². The average molecular weight is 497 g/mol. The van der Waals surface area contributed by atoms with Gasteiger partial charge in [-0.3, -0.25) is 14.6 Å². The minimum absolute atomic E-state index is 0.160. The number of aryl methyl sites for hydroxylation is 1. The number of nitrogens with zero attached hydrogens (tertiary/aromatic N) is 1. The SMILES string of the molecule is Cc1ccc(NC(=O)c2ccnc(C(F)(F)F)c2)cc1-c1ccc2c(c1)OC1(CCCOC1)NC2=O. The number of hydrogen-bond donors (Lipinski definition) is 2. The van der Waals surface area contributed by atoms with E-state index in [1.165, 1.54) is 6.07 Å². The van der Waals surface area contributed by atoms with Crippen LogP contribution in [-0.4, -0.2) is 35.7 Å². The molecule has 2 aliphatic rings. The van der Waals surface area contributed by atoms with Crippen LogP contribution in [0.15, 0.2) is 54.7 Å². The fraction of sp³-hybridized carbons (Fsp3) is 0.269. The number of amides is 2. The number of carbonyl (C=O) groups excluding carboxylic acids is 2. The van der Waals surface area contributed by atoms with Gasteiger partial charge in [0.2, 0.25) is 5.72 Å². The molecule has 36 heavy (non-hydrogen) atoms. The largest absolute Gasteiger partial charge is 0.465 e. The molecule has 0 radical (unpaired) electrons. The van der Waals surface area contributed by atoms with E-state index in [9.17, 15) is 22.8 Å². The molecule has 0 saturated carbocycles. The van der Waals surface area contributed by atoms with E-state index >= 15 is 0 Å². The number of carbonyl (C=O) groups is 2. The van der Waals surface area contributed by atoms with E-state index in [4.69, 9.17) is 9.47 Å². The third-order valence-electron chi connectivity index (χ3n) is 6.20. The molecule has 1 spiro atoms. The van der Waals surface area contributed by atoms with Crippen LogP contribution in [0.25, 0.3) is 11.1 Å². The van der Waals surface area contributed by atoms with Crippen molar-refractivity contribution in [2.75, 3.05) is 18.5 Å². The van der Waals surface area contributed by atoms with Gasteiger partial charge in [0.25, 0.3) is 11.8 Å². The second kappa shape index (κ2) is 8.94. The van der Waals surface area contributed by atoms with Crippen LogP contribution in [0.1, 0.15) is 44.8 Å². The van der Waals surface area contributed by atoms with Crippen molar-refractivity contribution >= 4 is 17.5 Å². The summed E-state index contributed by atoms with van der Waals surface area (Å²) in [6.07, 6.45) is -2.31. The van der Waals surface area contributed by atoms with Crippen LogP contribution in [0.5, 0.6) is 5.75 Å². The summed E-state index contributed by atoms with van der Waals surface area (Å²) in [5.41, 5.74) is 1.04. The number of nitrogens with one attached hydrogen (secondary N) is 2. The van der Waals surface area contributed by atoms with Gasteiger partial charge in [-0.1, -0.05) is 12.1 Å². The third kappa shape index (κ3) is 4.64. The number of anilines is 1. The minimum Gasteiger partial charge on any atom is -0.465 e. The number of halogens is 3. The number of alkyl halides is 3. The first-order chi connectivity index (χ1) is 17.1. The summed E-state index contributed by atoms with van der Waals surface area (Å²) in [6, 6.07) is 12.3. The van der Waals surface area contributed by atoms with Crippen molar-refractivity contribution < 1.29 is 32.2 Å². The van der Waals surface area contributed by atoms with E-state index in [0.717, 1.165) is 29.3 Å². The first-order valence-electron chi connectivity index (χ1n) is 11.3. The molecule has 1 atom stereocenters. The topological polar surface area (TPSA) is 89.6 Å². The van der Waals surface area contributed by atoms with Gasteiger partial charge in [-0.2, -0.15) is 13.2 Å². The zero-order valence-electron chi connectivity index (χ0n) is 19.2. The Morgan fingerprint density at radius 3 is 2.69 bits per heavy atom. The highest BCUT2D eigenvalue weighted by molar-refractivity contribution is 6.04. The Morgan fingerprint density at radius 1 is 1.11 bits per heavy atom. The second-order valence-corrected chi connectivity index (χ2v) is 8.83. The number of benzene rings is 2. The Bertz CT molecular complexity index is 1350. The van der Waals surface area contributed by atoms with Crippen LogP contribution in [-0.2, 0) is 10.9 Å². The van der Waals surface area contributed by atoms with E-state index in [0.29, 0.717) is 36.1 Å². The predicted octanol–water partition coefficient (Wildman–Crippen LogP) is 4.96. The summed E-state index contributed by atoms with van der Waals surface area (Å²) >= 11 is 0. The Kier molecular flexibility index (Phi) is 5.91. The monoisotopic (exact) mass is 497 g/mol. The zero-order chi connectivity index (χ0) is 25.5. The quantitative estimate of drug-likeness (QED) is 0.534. The lowest BCUT2D eigenvalue weighted by molar-refractivity contribution is -0.141. The Hall–Kier alpha value is -3.92. The van der Waals surface area contributed by atoms with Crippen molar-refractivity contribution in [2.45, 2.75) is 31.7 Å². The van der Waals surface area contributed by atoms with Gasteiger partial charge in [-0.05, 0) is 66.4 Å². The van der Waals surface area contributed by atoms with Crippen molar-refractivity contribution in [2.24, 2.45) is 0 Å². The molecular formula is C26H22F3N3O4. The van der Waals surface area contributed by atoms with Crippen molar-refractivity contribution in [1.29, 1.82) is 0 Å². The van der Waals surface area contributed by atoms with Crippen molar-refractivity contribution in [3.63, 3.8) is 0 Å². The molecule has 1 aromatic heterocycles. The molecule has 1 fully saturated rings. The molecule has 0 aliphatic carbocycles. The summed E-state index contributed by atoms with van der Waals surface area (Å²) < 4.78 is 50.6. The van der Waals surface area contributed by atoms with E-state index in [1.54, 1.807) is 36.4 Å². The Morgan fingerprint density at radius 2 is 1.94 bits per heavy atom. The van der Waals surface area contributed by atoms with Gasteiger partial charge in [-0.25, -0.2) is 0 Å². The highest BCUT2D eigenvalue weighted by Gasteiger charge is 2.41. The third-order valence-corrected chi connectivity index (χ3v) is 6.20. The minimum atomic E-state index is -4.65. The van der Waals surface area contributed by atoms with Crippen LogP contribution in [0.2, 0.25) is 0 Å². The number of rotatable bonds is 3. The molecule has 2 amide bonds. The molecule has 1 saturated heterocycles. The maximum atomic E-state index is 13.0. The molecule has 5 rings (SSSR count).